The zero-order valence-electron chi connectivity index (χ0n) is 10.6. The van der Waals surface area contributed by atoms with Crippen LogP contribution in [0, 0.1) is 0 Å². The predicted octanol–water partition coefficient (Wildman–Crippen LogP) is -2.76. The molecule has 0 aromatic carbocycles. The smallest absolute Gasteiger partial charge is 0.321 e. The van der Waals surface area contributed by atoms with E-state index in [1.807, 2.05) is 4.90 Å². The van der Waals surface area contributed by atoms with E-state index < -0.39 is 22.2 Å². The molecule has 0 saturated carbocycles. The predicted molar refractivity (Wildman–Crippen MR) is 67.6 cm³/mol. The van der Waals surface area contributed by atoms with Crippen LogP contribution >= 0.6 is 0 Å². The minimum Gasteiger partial charge on any atom is -0.480 e. The number of hydrogen-bond donors (Lipinski definition) is 3. The van der Waals surface area contributed by atoms with Crippen LogP contribution in [0.25, 0.3) is 0 Å². The molecule has 0 radical (unpaired) electrons. The van der Waals surface area contributed by atoms with Gasteiger partial charge in [0.15, 0.2) is 0 Å². The lowest BCUT2D eigenvalue weighted by molar-refractivity contribution is -0.138. The molecule has 1 fully saturated rings. The normalized spacial score (nSPS) is 19.5. The van der Waals surface area contributed by atoms with Crippen LogP contribution in [0.5, 0.6) is 0 Å². The number of carbonyl (C=O) groups is 1. The van der Waals surface area contributed by atoms with Gasteiger partial charge in [0.1, 0.15) is 6.04 Å². The molecule has 112 valence electrons. The van der Waals surface area contributed by atoms with Crippen molar-refractivity contribution >= 4 is 16.2 Å². The summed E-state index contributed by atoms with van der Waals surface area (Å²) in [5.41, 5.74) is 5.33. The number of morpholine rings is 1. The van der Waals surface area contributed by atoms with Gasteiger partial charge in [0.05, 0.1) is 13.2 Å². The summed E-state index contributed by atoms with van der Waals surface area (Å²) in [4.78, 5) is 12.7. The highest BCUT2D eigenvalue weighted by Crippen LogP contribution is 2.01. The quantitative estimate of drug-likeness (QED) is 0.462. The minimum absolute atomic E-state index is 0.111. The fourth-order valence-corrected chi connectivity index (χ4v) is 2.40. The van der Waals surface area contributed by atoms with E-state index in [9.17, 15) is 13.2 Å². The van der Waals surface area contributed by atoms with E-state index >= 15 is 0 Å². The molecule has 5 N–H and O–H groups in total. The van der Waals surface area contributed by atoms with Crippen molar-refractivity contribution < 1.29 is 23.1 Å². The van der Waals surface area contributed by atoms with E-state index in [0.29, 0.717) is 32.8 Å². The Morgan fingerprint density at radius 3 is 2.47 bits per heavy atom. The molecule has 0 bridgehead atoms. The van der Waals surface area contributed by atoms with E-state index in [1.165, 1.54) is 0 Å². The first-order valence-electron chi connectivity index (χ1n) is 5.87. The molecule has 1 heterocycles. The number of aliphatic carboxylic acids is 1. The lowest BCUT2D eigenvalue weighted by Gasteiger charge is -2.29. The Balaban J connectivity index is 2.52. The van der Waals surface area contributed by atoms with Crippen molar-refractivity contribution in [3.63, 3.8) is 0 Å². The number of rotatable bonds is 7. The number of nitrogens with two attached hydrogens (primary N) is 2. The summed E-state index contributed by atoms with van der Waals surface area (Å²) in [6.45, 7) is 2.87. The number of carboxylic acids is 1. The van der Waals surface area contributed by atoms with Crippen molar-refractivity contribution in [2.75, 3.05) is 45.9 Å². The summed E-state index contributed by atoms with van der Waals surface area (Å²) in [6, 6.07) is -1.29. The van der Waals surface area contributed by atoms with Gasteiger partial charge in [0, 0.05) is 32.7 Å². The number of nitrogens with zero attached hydrogens (tertiary/aromatic N) is 2. The second kappa shape index (κ2) is 7.12. The highest BCUT2D eigenvalue weighted by atomic mass is 32.2. The first-order valence-corrected chi connectivity index (χ1v) is 7.37. The van der Waals surface area contributed by atoms with Gasteiger partial charge in [-0.05, 0) is 0 Å². The first-order chi connectivity index (χ1) is 8.80. The Kier molecular flexibility index (Phi) is 6.10. The molecule has 1 aliphatic rings. The molecular formula is C9H20N4O5S. The van der Waals surface area contributed by atoms with Gasteiger partial charge in [0.25, 0.3) is 10.2 Å². The fraction of sp³-hybridized carbons (Fsp3) is 0.889. The zero-order chi connectivity index (χ0) is 14.5. The van der Waals surface area contributed by atoms with Crippen LogP contribution in [0.1, 0.15) is 0 Å². The highest BCUT2D eigenvalue weighted by molar-refractivity contribution is 7.86. The summed E-state index contributed by atoms with van der Waals surface area (Å²) < 4.78 is 28.8. The molecule has 1 saturated heterocycles. The van der Waals surface area contributed by atoms with Crippen molar-refractivity contribution in [2.24, 2.45) is 10.9 Å². The number of ether oxygens (including phenoxy) is 1. The topological polar surface area (TPSA) is 139 Å². The minimum atomic E-state index is -3.96. The van der Waals surface area contributed by atoms with E-state index in [4.69, 9.17) is 20.7 Å². The van der Waals surface area contributed by atoms with Crippen LogP contribution in [-0.4, -0.2) is 80.7 Å². The van der Waals surface area contributed by atoms with Crippen LogP contribution < -0.4 is 10.9 Å². The van der Waals surface area contributed by atoms with Gasteiger partial charge in [0.2, 0.25) is 0 Å². The van der Waals surface area contributed by atoms with Gasteiger partial charge < -0.3 is 15.6 Å². The molecule has 0 aromatic rings. The van der Waals surface area contributed by atoms with Gasteiger partial charge in [-0.2, -0.15) is 12.7 Å². The first kappa shape index (κ1) is 16.3. The SMILES string of the molecule is NC(CN(CCN1CCOCC1)S(N)(=O)=O)C(=O)O. The Morgan fingerprint density at radius 2 is 2.00 bits per heavy atom. The molecule has 9 nitrogen and oxygen atoms in total. The Morgan fingerprint density at radius 1 is 1.42 bits per heavy atom. The van der Waals surface area contributed by atoms with Crippen LogP contribution in [0.3, 0.4) is 0 Å². The van der Waals surface area contributed by atoms with Crippen molar-refractivity contribution in [2.45, 2.75) is 6.04 Å². The Labute approximate surface area is 112 Å². The molecule has 0 amide bonds. The Bertz CT molecular complexity index is 395. The molecule has 0 aliphatic carbocycles. The van der Waals surface area contributed by atoms with E-state index in [1.54, 1.807) is 0 Å². The van der Waals surface area contributed by atoms with E-state index in [-0.39, 0.29) is 13.1 Å². The van der Waals surface area contributed by atoms with Gasteiger partial charge in [-0.25, -0.2) is 5.14 Å². The van der Waals surface area contributed by atoms with Gasteiger partial charge >= 0.3 is 5.97 Å². The summed E-state index contributed by atoms with van der Waals surface area (Å²) >= 11 is 0. The summed E-state index contributed by atoms with van der Waals surface area (Å²) in [5.74, 6) is -1.26. The summed E-state index contributed by atoms with van der Waals surface area (Å²) in [7, 11) is -3.96. The van der Waals surface area contributed by atoms with Gasteiger partial charge in [-0.15, -0.1) is 0 Å². The molecule has 0 aromatic heterocycles. The molecule has 0 spiro atoms. The van der Waals surface area contributed by atoms with Gasteiger partial charge in [-0.3, -0.25) is 9.69 Å². The lowest BCUT2D eigenvalue weighted by Crippen LogP contribution is -2.50. The molecular weight excluding hydrogens is 276 g/mol. The third kappa shape index (κ3) is 5.80. The second-order valence-corrected chi connectivity index (χ2v) is 5.85. The van der Waals surface area contributed by atoms with Crippen LogP contribution in [0.2, 0.25) is 0 Å². The van der Waals surface area contributed by atoms with Crippen molar-refractivity contribution in [3.05, 3.63) is 0 Å². The lowest BCUT2D eigenvalue weighted by atomic mass is 10.3. The van der Waals surface area contributed by atoms with Crippen molar-refractivity contribution in [1.82, 2.24) is 9.21 Å². The maximum absolute atomic E-state index is 11.4. The maximum atomic E-state index is 11.4. The second-order valence-electron chi connectivity index (χ2n) is 4.30. The Hall–Kier alpha value is -0.780. The monoisotopic (exact) mass is 296 g/mol. The number of hydrogen-bond acceptors (Lipinski definition) is 6. The molecule has 19 heavy (non-hydrogen) atoms. The van der Waals surface area contributed by atoms with Gasteiger partial charge in [-0.1, -0.05) is 0 Å². The average molecular weight is 296 g/mol. The fourth-order valence-electron chi connectivity index (χ4n) is 1.70. The van der Waals surface area contributed by atoms with Crippen LogP contribution in [0.15, 0.2) is 0 Å². The summed E-state index contributed by atoms with van der Waals surface area (Å²) in [5, 5.41) is 13.7. The van der Waals surface area contributed by atoms with Crippen LogP contribution in [-0.2, 0) is 19.7 Å². The molecule has 1 atom stereocenters. The summed E-state index contributed by atoms with van der Waals surface area (Å²) in [6.07, 6.45) is 0. The van der Waals surface area contributed by atoms with E-state index in [0.717, 1.165) is 4.31 Å². The average Bonchev–Trinajstić information content (AvgIpc) is 2.33. The number of carboxylic acid groups (broad SMARTS) is 1. The molecule has 1 aliphatic heterocycles. The van der Waals surface area contributed by atoms with E-state index in [2.05, 4.69) is 0 Å². The standard InChI is InChI=1S/C9H20N4O5S/c10-8(9(14)15)7-13(19(11,16)17)2-1-12-3-5-18-6-4-12/h8H,1-7,10H2,(H,14,15)(H2,11,16,17). The molecule has 10 heteroatoms. The maximum Gasteiger partial charge on any atom is 0.321 e. The molecule has 1 unspecified atom stereocenters. The largest absolute Gasteiger partial charge is 0.480 e. The van der Waals surface area contributed by atoms with Crippen molar-refractivity contribution in [3.8, 4) is 0 Å². The molecule has 1 rings (SSSR count). The third-order valence-electron chi connectivity index (χ3n) is 2.85. The third-order valence-corrected chi connectivity index (χ3v) is 3.90. The highest BCUT2D eigenvalue weighted by Gasteiger charge is 2.24. The van der Waals surface area contributed by atoms with Crippen LogP contribution in [0.4, 0.5) is 0 Å². The van der Waals surface area contributed by atoms with Crippen molar-refractivity contribution in [1.29, 1.82) is 0 Å². The zero-order valence-corrected chi connectivity index (χ0v) is 11.4.